The number of ether oxygens (including phenoxy) is 1. The van der Waals surface area contributed by atoms with E-state index in [0.29, 0.717) is 18.6 Å². The molecule has 2 N–H and O–H groups in total. The van der Waals surface area contributed by atoms with Crippen LogP contribution in [-0.4, -0.2) is 22.5 Å². The van der Waals surface area contributed by atoms with Gasteiger partial charge in [0.25, 0.3) is 0 Å². The normalized spacial score (nSPS) is 16.1. The van der Waals surface area contributed by atoms with Crippen molar-refractivity contribution in [3.8, 4) is 5.75 Å². The maximum absolute atomic E-state index is 10.7. The predicted octanol–water partition coefficient (Wildman–Crippen LogP) is 2.71. The van der Waals surface area contributed by atoms with Gasteiger partial charge >= 0.3 is 5.97 Å². The Bertz CT molecular complexity index is 539. The summed E-state index contributed by atoms with van der Waals surface area (Å²) in [5.41, 5.74) is 1.10. The van der Waals surface area contributed by atoms with Gasteiger partial charge in [0.05, 0.1) is 5.56 Å². The topological polar surface area (TPSA) is 66.8 Å². The van der Waals surface area contributed by atoms with Crippen molar-refractivity contribution in [3.63, 3.8) is 0 Å². The third kappa shape index (κ3) is 3.83. The Hall–Kier alpha value is -2.33. The highest BCUT2D eigenvalue weighted by Crippen LogP contribution is 2.27. The minimum absolute atomic E-state index is 0.253. The predicted molar refractivity (Wildman–Crippen MR) is 74.8 cm³/mol. The van der Waals surface area contributed by atoms with Crippen LogP contribution < -0.4 is 4.74 Å². The zero-order valence-electron chi connectivity index (χ0n) is 10.9. The van der Waals surface area contributed by atoms with Gasteiger partial charge in [0.1, 0.15) is 5.75 Å². The van der Waals surface area contributed by atoms with Crippen molar-refractivity contribution in [1.82, 2.24) is 0 Å². The molecule has 0 aliphatic carbocycles. The summed E-state index contributed by atoms with van der Waals surface area (Å²) in [6.07, 6.45) is 0.395. The lowest BCUT2D eigenvalue weighted by atomic mass is 10.0. The molecule has 104 valence electrons. The molecule has 0 saturated heterocycles. The van der Waals surface area contributed by atoms with Gasteiger partial charge in [-0.1, -0.05) is 36.4 Å². The first-order valence-corrected chi connectivity index (χ1v) is 6.38. The molecule has 3 rings (SSSR count). The van der Waals surface area contributed by atoms with Gasteiger partial charge in [0.15, 0.2) is 6.29 Å². The van der Waals surface area contributed by atoms with E-state index in [1.807, 2.05) is 36.4 Å². The highest BCUT2D eigenvalue weighted by Gasteiger charge is 2.18. The second kappa shape index (κ2) is 6.73. The molecule has 0 amide bonds. The van der Waals surface area contributed by atoms with Gasteiger partial charge in [0, 0.05) is 6.42 Å². The summed E-state index contributed by atoms with van der Waals surface area (Å²) in [6.45, 7) is 0. The summed E-state index contributed by atoms with van der Waals surface area (Å²) < 4.78 is 5.13. The fourth-order valence-corrected chi connectivity index (χ4v) is 1.89. The van der Waals surface area contributed by atoms with Crippen LogP contribution in [0.4, 0.5) is 0 Å². The Morgan fingerprint density at radius 2 is 1.70 bits per heavy atom. The largest absolute Gasteiger partial charge is 0.478 e. The molecule has 1 atom stereocenters. The van der Waals surface area contributed by atoms with E-state index in [4.69, 9.17) is 9.84 Å². The van der Waals surface area contributed by atoms with Crippen molar-refractivity contribution in [2.45, 2.75) is 19.1 Å². The Balaban J connectivity index is 0.000000205. The lowest BCUT2D eigenvalue weighted by molar-refractivity contribution is -0.0316. The van der Waals surface area contributed by atoms with Gasteiger partial charge in [0.2, 0.25) is 0 Å². The van der Waals surface area contributed by atoms with Crippen LogP contribution in [0.2, 0.25) is 0 Å². The number of carboxylic acid groups (broad SMARTS) is 1. The molecule has 4 nitrogen and oxygen atoms in total. The molecule has 1 aliphatic heterocycles. The van der Waals surface area contributed by atoms with Crippen molar-refractivity contribution in [2.24, 2.45) is 0 Å². The summed E-state index contributed by atoms with van der Waals surface area (Å²) in [5, 5.41) is 17.9. The SMILES string of the molecule is O=C(O)c1ccc2c(c1)CCC(O)O2.c1ccccc1. The van der Waals surface area contributed by atoms with Crippen LogP contribution in [0.1, 0.15) is 22.3 Å². The lowest BCUT2D eigenvalue weighted by Crippen LogP contribution is -2.21. The Morgan fingerprint density at radius 3 is 2.25 bits per heavy atom. The number of hydrogen-bond donors (Lipinski definition) is 2. The number of aromatic carboxylic acids is 1. The average Bonchev–Trinajstić information content (AvgIpc) is 2.49. The molecule has 0 radical (unpaired) electrons. The maximum Gasteiger partial charge on any atom is 0.335 e. The molecular weight excluding hydrogens is 256 g/mol. The Kier molecular flexibility index (Phi) is 4.74. The van der Waals surface area contributed by atoms with E-state index >= 15 is 0 Å². The van der Waals surface area contributed by atoms with Crippen molar-refractivity contribution in [3.05, 3.63) is 65.7 Å². The van der Waals surface area contributed by atoms with Gasteiger partial charge in [-0.3, -0.25) is 0 Å². The number of benzene rings is 2. The van der Waals surface area contributed by atoms with E-state index < -0.39 is 12.3 Å². The van der Waals surface area contributed by atoms with Crippen LogP contribution in [0.5, 0.6) is 5.75 Å². The molecule has 2 aromatic carbocycles. The second-order valence-corrected chi connectivity index (χ2v) is 4.39. The van der Waals surface area contributed by atoms with Crippen LogP contribution >= 0.6 is 0 Å². The maximum atomic E-state index is 10.7. The lowest BCUT2D eigenvalue weighted by Gasteiger charge is -2.21. The first kappa shape index (κ1) is 14.1. The summed E-state index contributed by atoms with van der Waals surface area (Å²) in [6, 6.07) is 16.6. The summed E-state index contributed by atoms with van der Waals surface area (Å²) in [7, 11) is 0. The third-order valence-electron chi connectivity index (χ3n) is 2.90. The zero-order chi connectivity index (χ0) is 14.4. The monoisotopic (exact) mass is 272 g/mol. The molecule has 2 aromatic rings. The van der Waals surface area contributed by atoms with Crippen molar-refractivity contribution < 1.29 is 19.7 Å². The molecule has 0 saturated carbocycles. The molecular formula is C16H16O4. The first-order chi connectivity index (χ1) is 9.66. The quantitative estimate of drug-likeness (QED) is 0.837. The van der Waals surface area contributed by atoms with E-state index in [2.05, 4.69) is 0 Å². The van der Waals surface area contributed by atoms with E-state index in [1.54, 1.807) is 12.1 Å². The molecule has 1 unspecified atom stereocenters. The summed E-state index contributed by atoms with van der Waals surface area (Å²) in [5.74, 6) is -0.368. The second-order valence-electron chi connectivity index (χ2n) is 4.39. The Morgan fingerprint density at radius 1 is 1.10 bits per heavy atom. The van der Waals surface area contributed by atoms with Gasteiger partial charge in [-0.2, -0.15) is 0 Å². The van der Waals surface area contributed by atoms with Crippen LogP contribution in [0.25, 0.3) is 0 Å². The molecule has 1 aliphatic rings. The number of aliphatic hydroxyl groups is 1. The first-order valence-electron chi connectivity index (χ1n) is 6.38. The molecule has 0 spiro atoms. The number of fused-ring (bicyclic) bond motifs is 1. The standard InChI is InChI=1S/C10H10O4.C6H6/c11-9-4-2-6-5-7(10(12)13)1-3-8(6)14-9;1-2-4-6-5-3-1/h1,3,5,9,11H,2,4H2,(H,12,13);1-6H. The summed E-state index contributed by atoms with van der Waals surface area (Å²) >= 11 is 0. The minimum Gasteiger partial charge on any atom is -0.478 e. The van der Waals surface area contributed by atoms with Crippen molar-refractivity contribution >= 4 is 5.97 Å². The smallest absolute Gasteiger partial charge is 0.335 e. The number of carboxylic acids is 1. The number of hydrogen-bond acceptors (Lipinski definition) is 3. The van der Waals surface area contributed by atoms with Crippen LogP contribution in [0, 0.1) is 0 Å². The van der Waals surface area contributed by atoms with Gasteiger partial charge in [-0.05, 0) is 30.2 Å². The molecule has 0 aromatic heterocycles. The van der Waals surface area contributed by atoms with E-state index in [-0.39, 0.29) is 5.56 Å². The number of aryl methyl sites for hydroxylation is 1. The molecule has 4 heteroatoms. The number of carbonyl (C=O) groups is 1. The average molecular weight is 272 g/mol. The number of aliphatic hydroxyl groups excluding tert-OH is 1. The van der Waals surface area contributed by atoms with E-state index in [0.717, 1.165) is 5.56 Å². The van der Waals surface area contributed by atoms with E-state index in [1.165, 1.54) is 6.07 Å². The van der Waals surface area contributed by atoms with Crippen LogP contribution in [0.15, 0.2) is 54.6 Å². The molecule has 0 fully saturated rings. The van der Waals surface area contributed by atoms with Crippen LogP contribution in [-0.2, 0) is 6.42 Å². The highest BCUT2D eigenvalue weighted by molar-refractivity contribution is 5.88. The highest BCUT2D eigenvalue weighted by atomic mass is 16.6. The number of rotatable bonds is 1. The van der Waals surface area contributed by atoms with Crippen molar-refractivity contribution in [2.75, 3.05) is 0 Å². The van der Waals surface area contributed by atoms with E-state index in [9.17, 15) is 9.90 Å². The molecule has 20 heavy (non-hydrogen) atoms. The van der Waals surface area contributed by atoms with Crippen LogP contribution in [0.3, 0.4) is 0 Å². The van der Waals surface area contributed by atoms with Gasteiger partial charge in [-0.15, -0.1) is 0 Å². The zero-order valence-corrected chi connectivity index (χ0v) is 10.9. The summed E-state index contributed by atoms with van der Waals surface area (Å²) in [4.78, 5) is 10.7. The molecule has 0 bridgehead atoms. The fraction of sp³-hybridized carbons (Fsp3) is 0.188. The van der Waals surface area contributed by atoms with Gasteiger partial charge in [-0.25, -0.2) is 4.79 Å². The molecule has 1 heterocycles. The van der Waals surface area contributed by atoms with Crippen molar-refractivity contribution in [1.29, 1.82) is 0 Å². The minimum atomic E-state index is -0.945. The third-order valence-corrected chi connectivity index (χ3v) is 2.90. The fourth-order valence-electron chi connectivity index (χ4n) is 1.89. The van der Waals surface area contributed by atoms with Gasteiger partial charge < -0.3 is 14.9 Å². The Labute approximate surface area is 117 Å².